The molecule has 28 heavy (non-hydrogen) atoms. The monoisotopic (exact) mass is 404 g/mol. The summed E-state index contributed by atoms with van der Waals surface area (Å²) in [7, 11) is 1.70. The maximum Gasteiger partial charge on any atom is 0.317 e. The molecule has 0 spiro atoms. The van der Waals surface area contributed by atoms with Crippen LogP contribution in [0.4, 0.5) is 9.93 Å². The van der Waals surface area contributed by atoms with Gasteiger partial charge in [-0.3, -0.25) is 9.59 Å². The van der Waals surface area contributed by atoms with Crippen LogP contribution in [-0.2, 0) is 27.3 Å². The Morgan fingerprint density at radius 2 is 1.96 bits per heavy atom. The van der Waals surface area contributed by atoms with Crippen LogP contribution in [0.1, 0.15) is 24.6 Å². The van der Waals surface area contributed by atoms with Crippen LogP contribution in [0.3, 0.4) is 0 Å². The average molecular weight is 404 g/mol. The number of rotatable bonds is 9. The van der Waals surface area contributed by atoms with Gasteiger partial charge in [0, 0.05) is 31.9 Å². The third kappa shape index (κ3) is 7.36. The lowest BCUT2D eigenvalue weighted by atomic mass is 10.2. The maximum atomic E-state index is 12.1. The SMILES string of the molecule is CCOC(=O)Cc1csc(NC(=O)CCNC(=O)N(C)Cc2ccccc2)n1. The first-order valence-electron chi connectivity index (χ1n) is 8.90. The molecule has 150 valence electrons. The predicted octanol–water partition coefficient (Wildman–Crippen LogP) is 2.42. The third-order valence-electron chi connectivity index (χ3n) is 3.67. The minimum Gasteiger partial charge on any atom is -0.466 e. The van der Waals surface area contributed by atoms with Crippen LogP contribution in [0.2, 0.25) is 0 Å². The predicted molar refractivity (Wildman–Crippen MR) is 107 cm³/mol. The lowest BCUT2D eigenvalue weighted by Crippen LogP contribution is -2.38. The molecule has 1 aromatic heterocycles. The van der Waals surface area contributed by atoms with Crippen LogP contribution in [0, 0.1) is 0 Å². The van der Waals surface area contributed by atoms with E-state index in [1.165, 1.54) is 11.3 Å². The second kappa shape index (κ2) is 11.0. The van der Waals surface area contributed by atoms with Crippen molar-refractivity contribution in [2.24, 2.45) is 0 Å². The number of carbonyl (C=O) groups is 3. The molecule has 0 unspecified atom stereocenters. The summed E-state index contributed by atoms with van der Waals surface area (Å²) < 4.78 is 4.86. The van der Waals surface area contributed by atoms with Gasteiger partial charge in [-0.25, -0.2) is 9.78 Å². The van der Waals surface area contributed by atoms with E-state index < -0.39 is 0 Å². The minimum atomic E-state index is -0.354. The van der Waals surface area contributed by atoms with Gasteiger partial charge >= 0.3 is 12.0 Å². The van der Waals surface area contributed by atoms with Crippen molar-refractivity contribution in [3.63, 3.8) is 0 Å². The molecule has 3 amide bonds. The Morgan fingerprint density at radius 1 is 1.21 bits per heavy atom. The molecule has 0 aliphatic rings. The van der Waals surface area contributed by atoms with E-state index in [1.54, 1.807) is 24.3 Å². The Bertz CT molecular complexity index is 794. The van der Waals surface area contributed by atoms with Crippen molar-refractivity contribution < 1.29 is 19.1 Å². The summed E-state index contributed by atoms with van der Waals surface area (Å²) in [6.45, 7) is 2.76. The first-order chi connectivity index (χ1) is 13.5. The van der Waals surface area contributed by atoms with Gasteiger partial charge in [-0.1, -0.05) is 30.3 Å². The molecule has 2 rings (SSSR count). The van der Waals surface area contributed by atoms with Crippen molar-refractivity contribution in [2.45, 2.75) is 26.3 Å². The van der Waals surface area contributed by atoms with E-state index in [1.807, 2.05) is 30.3 Å². The zero-order valence-corrected chi connectivity index (χ0v) is 16.8. The summed E-state index contributed by atoms with van der Waals surface area (Å²) in [6.07, 6.45) is 0.196. The molecule has 0 bridgehead atoms. The number of aromatic nitrogens is 1. The zero-order valence-electron chi connectivity index (χ0n) is 15.9. The van der Waals surface area contributed by atoms with Crippen molar-refractivity contribution in [1.29, 1.82) is 0 Å². The van der Waals surface area contributed by atoms with Crippen molar-refractivity contribution in [3.05, 3.63) is 47.0 Å². The van der Waals surface area contributed by atoms with Crippen molar-refractivity contribution in [3.8, 4) is 0 Å². The molecule has 1 aromatic carbocycles. The topological polar surface area (TPSA) is 101 Å². The molecule has 0 saturated carbocycles. The third-order valence-corrected chi connectivity index (χ3v) is 4.47. The highest BCUT2D eigenvalue weighted by molar-refractivity contribution is 7.13. The van der Waals surface area contributed by atoms with Crippen LogP contribution in [0.5, 0.6) is 0 Å². The summed E-state index contributed by atoms with van der Waals surface area (Å²) in [4.78, 5) is 41.2. The maximum absolute atomic E-state index is 12.1. The van der Waals surface area contributed by atoms with E-state index in [0.29, 0.717) is 24.0 Å². The molecule has 0 aliphatic carbocycles. The molecule has 0 fully saturated rings. The molecule has 2 N–H and O–H groups in total. The van der Waals surface area contributed by atoms with Crippen LogP contribution >= 0.6 is 11.3 Å². The van der Waals surface area contributed by atoms with E-state index in [-0.39, 0.29) is 37.3 Å². The van der Waals surface area contributed by atoms with Crippen LogP contribution in [-0.4, -0.2) is 48.0 Å². The Hall–Kier alpha value is -2.94. The van der Waals surface area contributed by atoms with E-state index in [2.05, 4.69) is 15.6 Å². The second-order valence-corrected chi connectivity index (χ2v) is 6.86. The number of amides is 3. The zero-order chi connectivity index (χ0) is 20.4. The normalized spacial score (nSPS) is 10.2. The number of esters is 1. The Kier molecular flexibility index (Phi) is 8.41. The number of nitrogens with one attached hydrogen (secondary N) is 2. The number of hydrogen-bond acceptors (Lipinski definition) is 6. The van der Waals surface area contributed by atoms with Gasteiger partial charge in [0.25, 0.3) is 0 Å². The van der Waals surface area contributed by atoms with E-state index in [0.717, 1.165) is 5.56 Å². The van der Waals surface area contributed by atoms with Crippen LogP contribution in [0.25, 0.3) is 0 Å². The van der Waals surface area contributed by atoms with E-state index in [4.69, 9.17) is 4.74 Å². The molecule has 8 nitrogen and oxygen atoms in total. The number of carbonyl (C=O) groups excluding carboxylic acids is 3. The fourth-order valence-electron chi connectivity index (χ4n) is 2.33. The number of nitrogens with zero attached hydrogens (tertiary/aromatic N) is 2. The molecule has 2 aromatic rings. The highest BCUT2D eigenvalue weighted by Crippen LogP contribution is 2.16. The van der Waals surface area contributed by atoms with Crippen molar-refractivity contribution in [1.82, 2.24) is 15.2 Å². The Morgan fingerprint density at radius 3 is 2.68 bits per heavy atom. The molecular weight excluding hydrogens is 380 g/mol. The second-order valence-electron chi connectivity index (χ2n) is 6.00. The minimum absolute atomic E-state index is 0.0734. The largest absolute Gasteiger partial charge is 0.466 e. The number of hydrogen-bond donors (Lipinski definition) is 2. The van der Waals surface area contributed by atoms with Gasteiger partial charge in [-0.05, 0) is 12.5 Å². The number of benzene rings is 1. The van der Waals surface area contributed by atoms with Gasteiger partial charge in [-0.2, -0.15) is 0 Å². The fraction of sp³-hybridized carbons (Fsp3) is 0.368. The summed E-state index contributed by atoms with van der Waals surface area (Å²) >= 11 is 1.24. The smallest absolute Gasteiger partial charge is 0.317 e. The molecule has 0 radical (unpaired) electrons. The van der Waals surface area contributed by atoms with Crippen molar-refractivity contribution >= 4 is 34.4 Å². The van der Waals surface area contributed by atoms with Gasteiger partial charge in [0.1, 0.15) is 0 Å². The van der Waals surface area contributed by atoms with Gasteiger partial charge in [0.05, 0.1) is 18.7 Å². The fourth-order valence-corrected chi connectivity index (χ4v) is 3.06. The first-order valence-corrected chi connectivity index (χ1v) is 9.78. The van der Waals surface area contributed by atoms with E-state index >= 15 is 0 Å². The molecular formula is C19H24N4O4S. The Balaban J connectivity index is 1.69. The quantitative estimate of drug-likeness (QED) is 0.625. The number of anilines is 1. The summed E-state index contributed by atoms with van der Waals surface area (Å²) in [5.74, 6) is -0.615. The summed E-state index contributed by atoms with van der Waals surface area (Å²) in [5, 5.41) is 7.49. The standard InChI is InChI=1S/C19H24N4O4S/c1-3-27-17(25)11-15-13-28-18(21-15)22-16(24)9-10-20-19(26)23(2)12-14-7-5-4-6-8-14/h4-8,13H,3,9-12H2,1-2H3,(H,20,26)(H,21,22,24). The molecule has 0 saturated heterocycles. The van der Waals surface area contributed by atoms with Gasteiger partial charge < -0.3 is 20.3 Å². The van der Waals surface area contributed by atoms with Crippen LogP contribution < -0.4 is 10.6 Å². The number of ether oxygens (including phenoxy) is 1. The molecule has 1 heterocycles. The highest BCUT2D eigenvalue weighted by atomic mass is 32.1. The lowest BCUT2D eigenvalue weighted by molar-refractivity contribution is -0.142. The molecule has 9 heteroatoms. The van der Waals surface area contributed by atoms with Gasteiger partial charge in [-0.15, -0.1) is 11.3 Å². The summed E-state index contributed by atoms with van der Waals surface area (Å²) in [5.41, 5.74) is 1.58. The Labute approximate surface area is 167 Å². The van der Waals surface area contributed by atoms with Gasteiger partial charge in [0.2, 0.25) is 5.91 Å². The highest BCUT2D eigenvalue weighted by Gasteiger charge is 2.12. The molecule has 0 aliphatic heterocycles. The van der Waals surface area contributed by atoms with E-state index in [9.17, 15) is 14.4 Å². The lowest BCUT2D eigenvalue weighted by Gasteiger charge is -2.17. The van der Waals surface area contributed by atoms with Crippen molar-refractivity contribution in [2.75, 3.05) is 25.5 Å². The summed E-state index contributed by atoms with van der Waals surface area (Å²) in [6, 6.07) is 9.40. The van der Waals surface area contributed by atoms with Crippen LogP contribution in [0.15, 0.2) is 35.7 Å². The molecule has 0 atom stereocenters. The number of thiazole rings is 1. The van der Waals surface area contributed by atoms with Gasteiger partial charge in [0.15, 0.2) is 5.13 Å². The number of urea groups is 1. The average Bonchev–Trinajstić information content (AvgIpc) is 3.09. The first kappa shape index (κ1) is 21.4.